The van der Waals surface area contributed by atoms with Gasteiger partial charge in [-0.25, -0.2) is 0 Å². The van der Waals surface area contributed by atoms with Crippen LogP contribution in [-0.4, -0.2) is 6.54 Å². The molecule has 1 heterocycles. The molecule has 2 heteroatoms. The summed E-state index contributed by atoms with van der Waals surface area (Å²) < 4.78 is 5.94. The Kier molecular flexibility index (Phi) is 4.41. The molecule has 0 unspecified atom stereocenters. The Morgan fingerprint density at radius 3 is 2.80 bits per heavy atom. The third kappa shape index (κ3) is 2.90. The Balaban J connectivity index is 1.61. The minimum absolute atomic E-state index is 0.937. The van der Waals surface area contributed by atoms with Crippen molar-refractivity contribution in [2.24, 2.45) is 5.92 Å². The number of aryl methyl sites for hydroxylation is 1. The van der Waals surface area contributed by atoms with Gasteiger partial charge in [-0.05, 0) is 24.9 Å². The lowest BCUT2D eigenvalue weighted by Gasteiger charge is -2.09. The van der Waals surface area contributed by atoms with E-state index in [4.69, 9.17) is 4.42 Å². The SMILES string of the molecule is CCc1oc2ccccc2c1CNCCC1CCCC1. The summed E-state index contributed by atoms with van der Waals surface area (Å²) >= 11 is 0. The van der Waals surface area contributed by atoms with E-state index in [9.17, 15) is 0 Å². The average Bonchev–Trinajstić information content (AvgIpc) is 3.11. The number of benzene rings is 1. The smallest absolute Gasteiger partial charge is 0.134 e. The highest BCUT2D eigenvalue weighted by Crippen LogP contribution is 2.28. The first-order chi connectivity index (χ1) is 9.88. The van der Waals surface area contributed by atoms with E-state index in [0.29, 0.717) is 0 Å². The van der Waals surface area contributed by atoms with E-state index in [2.05, 4.69) is 30.4 Å². The summed E-state index contributed by atoms with van der Waals surface area (Å²) in [5.74, 6) is 2.11. The summed E-state index contributed by atoms with van der Waals surface area (Å²) in [7, 11) is 0. The van der Waals surface area contributed by atoms with Gasteiger partial charge in [0, 0.05) is 23.9 Å². The maximum absolute atomic E-state index is 5.94. The molecule has 0 saturated heterocycles. The summed E-state index contributed by atoms with van der Waals surface area (Å²) in [4.78, 5) is 0. The van der Waals surface area contributed by atoms with E-state index >= 15 is 0 Å². The topological polar surface area (TPSA) is 25.2 Å². The Hall–Kier alpha value is -1.28. The molecule has 0 atom stereocenters. The molecule has 2 aromatic rings. The van der Waals surface area contributed by atoms with E-state index in [0.717, 1.165) is 36.8 Å². The van der Waals surface area contributed by atoms with Gasteiger partial charge in [0.25, 0.3) is 0 Å². The third-order valence-electron chi connectivity index (χ3n) is 4.61. The summed E-state index contributed by atoms with van der Waals surface area (Å²) in [6, 6.07) is 8.38. The Bertz CT molecular complexity index is 552. The third-order valence-corrected chi connectivity index (χ3v) is 4.61. The van der Waals surface area contributed by atoms with Crippen molar-refractivity contribution in [3.8, 4) is 0 Å². The zero-order valence-electron chi connectivity index (χ0n) is 12.5. The number of rotatable bonds is 6. The van der Waals surface area contributed by atoms with Gasteiger partial charge >= 0.3 is 0 Å². The molecule has 1 N–H and O–H groups in total. The molecule has 1 aromatic heterocycles. The maximum atomic E-state index is 5.94. The quantitative estimate of drug-likeness (QED) is 0.773. The fourth-order valence-electron chi connectivity index (χ4n) is 3.45. The van der Waals surface area contributed by atoms with E-state index < -0.39 is 0 Å². The van der Waals surface area contributed by atoms with Gasteiger partial charge in [0.2, 0.25) is 0 Å². The van der Waals surface area contributed by atoms with Crippen LogP contribution in [0.2, 0.25) is 0 Å². The minimum Gasteiger partial charge on any atom is -0.461 e. The van der Waals surface area contributed by atoms with Crippen LogP contribution in [0, 0.1) is 5.92 Å². The molecule has 0 spiro atoms. The van der Waals surface area contributed by atoms with Crippen LogP contribution in [0.25, 0.3) is 11.0 Å². The molecule has 108 valence electrons. The molecular formula is C18H25NO. The van der Waals surface area contributed by atoms with Gasteiger partial charge < -0.3 is 9.73 Å². The fourth-order valence-corrected chi connectivity index (χ4v) is 3.45. The van der Waals surface area contributed by atoms with E-state index in [1.807, 2.05) is 6.07 Å². The first kappa shape index (κ1) is 13.7. The number of nitrogens with one attached hydrogen (secondary N) is 1. The highest BCUT2D eigenvalue weighted by Gasteiger charge is 2.15. The Morgan fingerprint density at radius 2 is 2.00 bits per heavy atom. The summed E-state index contributed by atoms with van der Waals surface area (Å²) in [6.45, 7) is 4.24. The Morgan fingerprint density at radius 1 is 1.20 bits per heavy atom. The number of hydrogen-bond acceptors (Lipinski definition) is 2. The van der Waals surface area contributed by atoms with Gasteiger partial charge in [0.05, 0.1) is 0 Å². The van der Waals surface area contributed by atoms with Crippen molar-refractivity contribution in [2.75, 3.05) is 6.54 Å². The van der Waals surface area contributed by atoms with E-state index in [1.165, 1.54) is 43.1 Å². The number of fused-ring (bicyclic) bond motifs is 1. The first-order valence-electron chi connectivity index (χ1n) is 8.08. The van der Waals surface area contributed by atoms with E-state index in [1.54, 1.807) is 0 Å². The van der Waals surface area contributed by atoms with Crippen molar-refractivity contribution in [1.29, 1.82) is 0 Å². The highest BCUT2D eigenvalue weighted by molar-refractivity contribution is 5.82. The predicted octanol–water partition coefficient (Wildman–Crippen LogP) is 4.67. The molecular weight excluding hydrogens is 246 g/mol. The lowest BCUT2D eigenvalue weighted by molar-refractivity contribution is 0.475. The molecule has 0 radical (unpaired) electrons. The van der Waals surface area contributed by atoms with Gasteiger partial charge in [-0.1, -0.05) is 50.8 Å². The van der Waals surface area contributed by atoms with Crippen molar-refractivity contribution in [3.63, 3.8) is 0 Å². The van der Waals surface area contributed by atoms with Gasteiger partial charge in [-0.3, -0.25) is 0 Å². The molecule has 1 aliphatic carbocycles. The van der Waals surface area contributed by atoms with Crippen LogP contribution >= 0.6 is 0 Å². The minimum atomic E-state index is 0.937. The zero-order valence-corrected chi connectivity index (χ0v) is 12.5. The molecule has 1 saturated carbocycles. The molecule has 0 amide bonds. The molecule has 2 nitrogen and oxygen atoms in total. The van der Waals surface area contributed by atoms with Crippen molar-refractivity contribution in [2.45, 2.75) is 52.0 Å². The largest absolute Gasteiger partial charge is 0.461 e. The fraction of sp³-hybridized carbons (Fsp3) is 0.556. The second kappa shape index (κ2) is 6.45. The van der Waals surface area contributed by atoms with Crippen molar-refractivity contribution >= 4 is 11.0 Å². The van der Waals surface area contributed by atoms with Gasteiger partial charge in [-0.2, -0.15) is 0 Å². The van der Waals surface area contributed by atoms with Crippen LogP contribution < -0.4 is 5.32 Å². The molecule has 3 rings (SSSR count). The first-order valence-corrected chi connectivity index (χ1v) is 8.08. The highest BCUT2D eigenvalue weighted by atomic mass is 16.3. The summed E-state index contributed by atoms with van der Waals surface area (Å²) in [5, 5.41) is 4.90. The monoisotopic (exact) mass is 271 g/mol. The van der Waals surface area contributed by atoms with Gasteiger partial charge in [0.15, 0.2) is 0 Å². The van der Waals surface area contributed by atoms with Crippen LogP contribution in [0.3, 0.4) is 0 Å². The molecule has 1 aromatic carbocycles. The normalized spacial score (nSPS) is 16.2. The second-order valence-electron chi connectivity index (χ2n) is 5.97. The maximum Gasteiger partial charge on any atom is 0.134 e. The van der Waals surface area contributed by atoms with Crippen LogP contribution in [0.4, 0.5) is 0 Å². The number of furan rings is 1. The van der Waals surface area contributed by atoms with Crippen LogP contribution in [0.1, 0.15) is 50.4 Å². The van der Waals surface area contributed by atoms with E-state index in [-0.39, 0.29) is 0 Å². The molecule has 1 aliphatic rings. The molecule has 1 fully saturated rings. The van der Waals surface area contributed by atoms with Crippen LogP contribution in [-0.2, 0) is 13.0 Å². The Labute approximate surface area is 121 Å². The van der Waals surface area contributed by atoms with Gasteiger partial charge in [-0.15, -0.1) is 0 Å². The summed E-state index contributed by atoms with van der Waals surface area (Å²) in [5.41, 5.74) is 2.38. The molecule has 20 heavy (non-hydrogen) atoms. The van der Waals surface area contributed by atoms with Gasteiger partial charge in [0.1, 0.15) is 11.3 Å². The molecule has 0 aliphatic heterocycles. The predicted molar refractivity (Wildman–Crippen MR) is 83.9 cm³/mol. The number of hydrogen-bond donors (Lipinski definition) is 1. The lowest BCUT2D eigenvalue weighted by Crippen LogP contribution is -2.17. The number of para-hydroxylation sites is 1. The van der Waals surface area contributed by atoms with Crippen molar-refractivity contribution in [1.82, 2.24) is 5.32 Å². The standard InChI is InChI=1S/C18H25NO/c1-2-17-16(15-9-5-6-10-18(15)20-17)13-19-12-11-14-7-3-4-8-14/h5-6,9-10,14,19H,2-4,7-8,11-13H2,1H3. The second-order valence-corrected chi connectivity index (χ2v) is 5.97. The lowest BCUT2D eigenvalue weighted by atomic mass is 10.0. The summed E-state index contributed by atoms with van der Waals surface area (Å²) in [6.07, 6.45) is 8.06. The van der Waals surface area contributed by atoms with Crippen LogP contribution in [0.15, 0.2) is 28.7 Å². The van der Waals surface area contributed by atoms with Crippen molar-refractivity contribution in [3.05, 3.63) is 35.6 Å². The zero-order chi connectivity index (χ0) is 13.8. The van der Waals surface area contributed by atoms with Crippen molar-refractivity contribution < 1.29 is 4.42 Å². The average molecular weight is 271 g/mol. The van der Waals surface area contributed by atoms with Crippen LogP contribution in [0.5, 0.6) is 0 Å². The molecule has 0 bridgehead atoms.